The lowest BCUT2D eigenvalue weighted by atomic mass is 10.2. The van der Waals surface area contributed by atoms with Gasteiger partial charge >= 0.3 is 0 Å². The van der Waals surface area contributed by atoms with E-state index in [9.17, 15) is 16.8 Å². The van der Waals surface area contributed by atoms with Gasteiger partial charge in [-0.2, -0.15) is 8.61 Å². The summed E-state index contributed by atoms with van der Waals surface area (Å²) in [5.74, 6) is -0.105. The van der Waals surface area contributed by atoms with Crippen molar-refractivity contribution in [3.05, 3.63) is 50.6 Å². The molecule has 6 nitrogen and oxygen atoms in total. The van der Waals surface area contributed by atoms with Crippen LogP contribution in [-0.4, -0.2) is 51.6 Å². The number of thiophene rings is 1. The molecule has 2 aromatic rings. The van der Waals surface area contributed by atoms with Crippen LogP contribution < -0.4 is 0 Å². The fourth-order valence-corrected chi connectivity index (χ4v) is 7.76. The van der Waals surface area contributed by atoms with Gasteiger partial charge in [-0.3, -0.25) is 0 Å². The molecule has 0 radical (unpaired) electrons. The highest BCUT2D eigenvalue weighted by molar-refractivity contribution is 7.89. The SMILES string of the molecule is O=S(=O)(Cc1ccccc1)N1CCN(S(=O)(=O)c2cc(Cl)sc2Cl)CC1. The summed E-state index contributed by atoms with van der Waals surface area (Å²) >= 11 is 12.8. The van der Waals surface area contributed by atoms with Crippen LogP contribution in [-0.2, 0) is 25.8 Å². The van der Waals surface area contributed by atoms with Gasteiger partial charge in [-0.25, -0.2) is 16.8 Å². The monoisotopic (exact) mass is 454 g/mol. The highest BCUT2D eigenvalue weighted by Crippen LogP contribution is 2.36. The second-order valence-corrected chi connectivity index (χ2v) is 11.9. The van der Waals surface area contributed by atoms with Crippen molar-refractivity contribution in [3.63, 3.8) is 0 Å². The third-order valence-electron chi connectivity index (χ3n) is 4.03. The normalized spacial score (nSPS) is 17.5. The average Bonchev–Trinajstić information content (AvgIpc) is 2.95. The number of sulfonamides is 2. The van der Waals surface area contributed by atoms with Crippen molar-refractivity contribution in [1.82, 2.24) is 8.61 Å². The fraction of sp³-hybridized carbons (Fsp3) is 0.333. The number of piperazine rings is 1. The van der Waals surface area contributed by atoms with E-state index in [0.717, 1.165) is 11.3 Å². The molecule has 1 aliphatic heterocycles. The van der Waals surface area contributed by atoms with E-state index in [-0.39, 0.29) is 45.5 Å². The molecule has 1 aromatic carbocycles. The van der Waals surface area contributed by atoms with Gasteiger partial charge < -0.3 is 0 Å². The number of rotatable bonds is 5. The average molecular weight is 455 g/mol. The molecule has 0 amide bonds. The van der Waals surface area contributed by atoms with Gasteiger partial charge in [0.05, 0.1) is 10.1 Å². The molecule has 1 fully saturated rings. The van der Waals surface area contributed by atoms with Gasteiger partial charge in [-0.15, -0.1) is 11.3 Å². The zero-order valence-corrected chi connectivity index (χ0v) is 17.5. The molecule has 1 aliphatic rings. The third-order valence-corrected chi connectivity index (χ3v) is 9.53. The Morgan fingerprint density at radius 3 is 2.04 bits per heavy atom. The zero-order valence-electron chi connectivity index (χ0n) is 13.5. The Labute approximate surface area is 167 Å². The zero-order chi connectivity index (χ0) is 18.9. The maximum atomic E-state index is 12.7. The summed E-state index contributed by atoms with van der Waals surface area (Å²) in [6, 6.07) is 10.2. The van der Waals surface area contributed by atoms with Gasteiger partial charge in [0.1, 0.15) is 9.23 Å². The number of halogens is 2. The van der Waals surface area contributed by atoms with E-state index in [4.69, 9.17) is 23.2 Å². The smallest absolute Gasteiger partial charge is 0.212 e. The van der Waals surface area contributed by atoms with Crippen molar-refractivity contribution >= 4 is 54.6 Å². The summed E-state index contributed by atoms with van der Waals surface area (Å²) in [6.45, 7) is 0.341. The van der Waals surface area contributed by atoms with Gasteiger partial charge in [0, 0.05) is 26.2 Å². The number of hydrogen-bond donors (Lipinski definition) is 0. The molecule has 1 aromatic heterocycles. The molecule has 0 unspecified atom stereocenters. The maximum Gasteiger partial charge on any atom is 0.245 e. The quantitative estimate of drug-likeness (QED) is 0.695. The van der Waals surface area contributed by atoms with Crippen LogP contribution in [0.2, 0.25) is 8.67 Å². The molecule has 26 heavy (non-hydrogen) atoms. The molecule has 0 saturated carbocycles. The van der Waals surface area contributed by atoms with Crippen LogP contribution in [0.4, 0.5) is 0 Å². The summed E-state index contributed by atoms with van der Waals surface area (Å²) in [7, 11) is -7.30. The van der Waals surface area contributed by atoms with Crippen LogP contribution in [0.15, 0.2) is 41.3 Å². The minimum atomic E-state index is -3.79. The highest BCUT2D eigenvalue weighted by Gasteiger charge is 2.34. The van der Waals surface area contributed by atoms with Crippen LogP contribution in [0.25, 0.3) is 0 Å². The molecule has 0 bridgehead atoms. The Balaban J connectivity index is 1.70. The topological polar surface area (TPSA) is 74.8 Å². The lowest BCUT2D eigenvalue weighted by molar-refractivity contribution is 0.272. The van der Waals surface area contributed by atoms with Gasteiger partial charge in [-0.05, 0) is 11.6 Å². The predicted octanol–water partition coefficient (Wildman–Crippen LogP) is 2.89. The minimum absolute atomic E-state index is 0.0326. The van der Waals surface area contributed by atoms with E-state index < -0.39 is 20.0 Å². The number of hydrogen-bond acceptors (Lipinski definition) is 5. The summed E-state index contributed by atoms with van der Waals surface area (Å²) in [4.78, 5) is -0.0326. The first-order chi connectivity index (χ1) is 12.2. The third kappa shape index (κ3) is 4.24. The van der Waals surface area contributed by atoms with E-state index in [2.05, 4.69) is 0 Å². The molecule has 2 heterocycles. The highest BCUT2D eigenvalue weighted by atomic mass is 35.5. The van der Waals surface area contributed by atoms with E-state index in [1.54, 1.807) is 24.3 Å². The van der Waals surface area contributed by atoms with Crippen molar-refractivity contribution in [1.29, 1.82) is 0 Å². The van der Waals surface area contributed by atoms with Crippen molar-refractivity contribution in [2.24, 2.45) is 0 Å². The van der Waals surface area contributed by atoms with Crippen molar-refractivity contribution in [2.45, 2.75) is 10.6 Å². The molecule has 11 heteroatoms. The Morgan fingerprint density at radius 2 is 1.50 bits per heavy atom. The van der Waals surface area contributed by atoms with E-state index in [1.165, 1.54) is 14.7 Å². The van der Waals surface area contributed by atoms with Crippen LogP contribution in [0.5, 0.6) is 0 Å². The summed E-state index contributed by atoms with van der Waals surface area (Å²) in [5, 5.41) is 0. The first-order valence-corrected chi connectivity index (χ1v) is 12.3. The van der Waals surface area contributed by atoms with Crippen LogP contribution in [0.3, 0.4) is 0 Å². The van der Waals surface area contributed by atoms with Crippen LogP contribution >= 0.6 is 34.5 Å². The first kappa shape index (κ1) is 20.1. The number of benzene rings is 1. The summed E-state index contributed by atoms with van der Waals surface area (Å²) < 4.78 is 53.5. The maximum absolute atomic E-state index is 12.7. The largest absolute Gasteiger partial charge is 0.245 e. The predicted molar refractivity (Wildman–Crippen MR) is 104 cm³/mol. The second kappa shape index (κ2) is 7.75. The standard InChI is InChI=1S/C15H16Cl2N2O4S3/c16-14-10-13(15(17)24-14)26(22,23)19-8-6-18(7-9-19)25(20,21)11-12-4-2-1-3-5-12/h1-5,10H,6-9,11H2. The minimum Gasteiger partial charge on any atom is -0.212 e. The summed E-state index contributed by atoms with van der Waals surface area (Å²) in [6.07, 6.45) is 0. The van der Waals surface area contributed by atoms with E-state index >= 15 is 0 Å². The Hall–Kier alpha value is -0.680. The first-order valence-electron chi connectivity index (χ1n) is 7.67. The molecule has 142 valence electrons. The molecule has 3 rings (SSSR count). The Kier molecular flexibility index (Phi) is 5.98. The van der Waals surface area contributed by atoms with Gasteiger partial charge in [0.2, 0.25) is 20.0 Å². The van der Waals surface area contributed by atoms with E-state index in [0.29, 0.717) is 5.56 Å². The molecule has 0 atom stereocenters. The van der Waals surface area contributed by atoms with Crippen LogP contribution in [0, 0.1) is 0 Å². The lowest BCUT2D eigenvalue weighted by Gasteiger charge is -2.33. The van der Waals surface area contributed by atoms with Gasteiger partial charge in [0.25, 0.3) is 0 Å². The van der Waals surface area contributed by atoms with Gasteiger partial charge in [-0.1, -0.05) is 53.5 Å². The van der Waals surface area contributed by atoms with Crippen LogP contribution in [0.1, 0.15) is 5.56 Å². The second-order valence-electron chi connectivity index (χ2n) is 5.73. The molecule has 0 N–H and O–H groups in total. The van der Waals surface area contributed by atoms with Crippen molar-refractivity contribution in [3.8, 4) is 0 Å². The van der Waals surface area contributed by atoms with Gasteiger partial charge in [0.15, 0.2) is 0 Å². The van der Waals surface area contributed by atoms with Crippen molar-refractivity contribution in [2.75, 3.05) is 26.2 Å². The fourth-order valence-electron chi connectivity index (χ4n) is 2.70. The molecular formula is C15H16Cl2N2O4S3. The molecule has 1 saturated heterocycles. The Morgan fingerprint density at radius 1 is 0.923 bits per heavy atom. The molecular weight excluding hydrogens is 439 g/mol. The number of nitrogens with zero attached hydrogens (tertiary/aromatic N) is 2. The van der Waals surface area contributed by atoms with E-state index in [1.807, 2.05) is 6.07 Å². The summed E-state index contributed by atoms with van der Waals surface area (Å²) in [5.41, 5.74) is 0.697. The van der Waals surface area contributed by atoms with Crippen molar-refractivity contribution < 1.29 is 16.8 Å². The molecule has 0 spiro atoms. The Bertz CT molecular complexity index is 983. The lowest BCUT2D eigenvalue weighted by Crippen LogP contribution is -2.50. The molecule has 0 aliphatic carbocycles.